The van der Waals surface area contributed by atoms with Gasteiger partial charge < -0.3 is 20.3 Å². The lowest BCUT2D eigenvalue weighted by Gasteiger charge is -2.23. The van der Waals surface area contributed by atoms with E-state index in [4.69, 9.17) is 9.73 Å². The molecular weight excluding hydrogens is 411 g/mol. The van der Waals surface area contributed by atoms with Crippen LogP contribution in [0.25, 0.3) is 0 Å². The Morgan fingerprint density at radius 1 is 1.45 bits per heavy atom. The summed E-state index contributed by atoms with van der Waals surface area (Å²) in [5.74, 6) is 0.838. The zero-order chi connectivity index (χ0) is 15.7. The van der Waals surface area contributed by atoms with E-state index in [9.17, 15) is 0 Å². The number of guanidine groups is 1. The highest BCUT2D eigenvalue weighted by atomic mass is 127. The zero-order valence-electron chi connectivity index (χ0n) is 14.1. The second-order valence-corrected chi connectivity index (χ2v) is 6.19. The van der Waals surface area contributed by atoms with Crippen LogP contribution >= 0.6 is 35.3 Å². The van der Waals surface area contributed by atoms with Gasteiger partial charge in [0.05, 0.1) is 19.2 Å². The molecule has 1 aromatic rings. The van der Waals surface area contributed by atoms with Crippen LogP contribution in [0.15, 0.2) is 22.5 Å². The number of aliphatic imine (C=N–C) groups is 1. The fraction of sp³-hybridized carbons (Fsp3) is 0.667. The van der Waals surface area contributed by atoms with Crippen LogP contribution in [0.4, 0.5) is 0 Å². The van der Waals surface area contributed by atoms with Gasteiger partial charge in [-0.2, -0.15) is 0 Å². The number of hydrogen-bond acceptors (Lipinski definition) is 4. The first kappa shape index (κ1) is 21.6. The van der Waals surface area contributed by atoms with Crippen molar-refractivity contribution in [1.82, 2.24) is 15.5 Å². The summed E-state index contributed by atoms with van der Waals surface area (Å²) in [6.45, 7) is 6.38. The van der Waals surface area contributed by atoms with Gasteiger partial charge in [-0.3, -0.25) is 4.99 Å². The molecule has 7 heteroatoms. The van der Waals surface area contributed by atoms with Gasteiger partial charge in [-0.1, -0.05) is 6.07 Å². The van der Waals surface area contributed by atoms with E-state index in [0.717, 1.165) is 19.0 Å². The molecule has 1 rings (SSSR count). The van der Waals surface area contributed by atoms with Crippen molar-refractivity contribution >= 4 is 41.3 Å². The number of rotatable bonds is 8. The molecule has 1 heterocycles. The number of ether oxygens (including phenoxy) is 1. The van der Waals surface area contributed by atoms with Crippen molar-refractivity contribution in [2.75, 3.05) is 40.9 Å². The molecule has 0 aliphatic rings. The van der Waals surface area contributed by atoms with E-state index < -0.39 is 0 Å². The first-order chi connectivity index (χ1) is 10.1. The van der Waals surface area contributed by atoms with Gasteiger partial charge in [-0.05, 0) is 39.4 Å². The number of halogens is 1. The lowest BCUT2D eigenvalue weighted by molar-refractivity contribution is 0.179. The van der Waals surface area contributed by atoms with Crippen LogP contribution in [-0.2, 0) is 4.74 Å². The van der Waals surface area contributed by atoms with Gasteiger partial charge in [0, 0.05) is 24.6 Å². The molecule has 22 heavy (non-hydrogen) atoms. The second kappa shape index (κ2) is 12.1. The Hall–Kier alpha value is -0.380. The molecule has 2 unspecified atom stereocenters. The standard InChI is InChI=1S/C15H28N4OS.HI/c1-6-16-15(18-12(2)11-20-5)17-10-13(19(3)4)14-8-7-9-21-14;/h7-9,12-13H,6,10-11H2,1-5H3,(H2,16,17,18);1H. The molecule has 0 radical (unpaired) electrons. The average molecular weight is 440 g/mol. The SMILES string of the molecule is CCNC(=NCC(c1cccs1)N(C)C)NC(C)COC.I. The summed E-state index contributed by atoms with van der Waals surface area (Å²) in [6, 6.07) is 4.79. The maximum absolute atomic E-state index is 5.15. The Morgan fingerprint density at radius 3 is 2.68 bits per heavy atom. The summed E-state index contributed by atoms with van der Waals surface area (Å²) in [4.78, 5) is 8.26. The second-order valence-electron chi connectivity index (χ2n) is 5.22. The lowest BCUT2D eigenvalue weighted by atomic mass is 10.2. The van der Waals surface area contributed by atoms with E-state index in [1.54, 1.807) is 18.4 Å². The zero-order valence-corrected chi connectivity index (χ0v) is 17.3. The van der Waals surface area contributed by atoms with Crippen LogP contribution in [-0.4, -0.2) is 57.8 Å². The molecule has 0 fully saturated rings. The van der Waals surface area contributed by atoms with E-state index in [2.05, 4.69) is 61.0 Å². The molecule has 0 bridgehead atoms. The van der Waals surface area contributed by atoms with Gasteiger partial charge in [-0.25, -0.2) is 0 Å². The summed E-state index contributed by atoms with van der Waals surface area (Å²) in [5, 5.41) is 8.75. The van der Waals surface area contributed by atoms with Crippen LogP contribution in [0.5, 0.6) is 0 Å². The topological polar surface area (TPSA) is 48.9 Å². The quantitative estimate of drug-likeness (QED) is 0.371. The van der Waals surface area contributed by atoms with Gasteiger partial charge >= 0.3 is 0 Å². The minimum Gasteiger partial charge on any atom is -0.383 e. The minimum atomic E-state index is 0. The normalized spacial score (nSPS) is 14.4. The monoisotopic (exact) mass is 440 g/mol. The van der Waals surface area contributed by atoms with E-state index in [-0.39, 0.29) is 30.0 Å². The molecule has 1 aromatic heterocycles. The fourth-order valence-electron chi connectivity index (χ4n) is 2.01. The Kier molecular flexibility index (Phi) is 11.9. The Balaban J connectivity index is 0.00000441. The smallest absolute Gasteiger partial charge is 0.191 e. The van der Waals surface area contributed by atoms with Crippen molar-refractivity contribution in [3.63, 3.8) is 0 Å². The predicted molar refractivity (Wildman–Crippen MR) is 107 cm³/mol. The van der Waals surface area contributed by atoms with E-state index in [0.29, 0.717) is 12.6 Å². The Morgan fingerprint density at radius 2 is 2.18 bits per heavy atom. The van der Waals surface area contributed by atoms with Gasteiger partial charge in [-0.15, -0.1) is 35.3 Å². The van der Waals surface area contributed by atoms with Crippen molar-refractivity contribution in [3.05, 3.63) is 22.4 Å². The molecule has 0 aromatic carbocycles. The molecule has 0 saturated carbocycles. The van der Waals surface area contributed by atoms with E-state index >= 15 is 0 Å². The van der Waals surface area contributed by atoms with Crippen molar-refractivity contribution in [2.45, 2.75) is 25.9 Å². The molecule has 2 N–H and O–H groups in total. The number of likely N-dealkylation sites (N-methyl/N-ethyl adjacent to an activating group) is 1. The number of nitrogens with one attached hydrogen (secondary N) is 2. The molecule has 2 atom stereocenters. The third-order valence-electron chi connectivity index (χ3n) is 3.06. The van der Waals surface area contributed by atoms with Gasteiger partial charge in [0.1, 0.15) is 0 Å². The van der Waals surface area contributed by atoms with Crippen LogP contribution < -0.4 is 10.6 Å². The molecule has 128 valence electrons. The molecule has 0 amide bonds. The highest BCUT2D eigenvalue weighted by Crippen LogP contribution is 2.23. The highest BCUT2D eigenvalue weighted by Gasteiger charge is 2.15. The molecule has 0 aliphatic heterocycles. The van der Waals surface area contributed by atoms with Crippen LogP contribution in [0.2, 0.25) is 0 Å². The van der Waals surface area contributed by atoms with Crippen molar-refractivity contribution in [3.8, 4) is 0 Å². The summed E-state index contributed by atoms with van der Waals surface area (Å²) in [7, 11) is 5.89. The highest BCUT2D eigenvalue weighted by molar-refractivity contribution is 14.0. The van der Waals surface area contributed by atoms with Gasteiger partial charge in [0.25, 0.3) is 0 Å². The molecule has 5 nitrogen and oxygen atoms in total. The van der Waals surface area contributed by atoms with Gasteiger partial charge in [0.2, 0.25) is 0 Å². The van der Waals surface area contributed by atoms with Crippen molar-refractivity contribution < 1.29 is 4.74 Å². The van der Waals surface area contributed by atoms with Crippen LogP contribution in [0.1, 0.15) is 24.8 Å². The lowest BCUT2D eigenvalue weighted by Crippen LogP contribution is -2.44. The summed E-state index contributed by atoms with van der Waals surface area (Å²) >= 11 is 1.77. The van der Waals surface area contributed by atoms with E-state index in [1.807, 2.05) is 0 Å². The molecular formula is C15H29IN4OS. The fourth-order valence-corrected chi connectivity index (χ4v) is 2.93. The maximum Gasteiger partial charge on any atom is 0.191 e. The maximum atomic E-state index is 5.15. The molecule has 0 saturated heterocycles. The molecule has 0 aliphatic carbocycles. The average Bonchev–Trinajstić information content (AvgIpc) is 2.92. The minimum absolute atomic E-state index is 0. The third kappa shape index (κ3) is 7.75. The first-order valence-corrected chi connectivity index (χ1v) is 8.20. The van der Waals surface area contributed by atoms with Crippen LogP contribution in [0.3, 0.4) is 0 Å². The number of thiophene rings is 1. The summed E-state index contributed by atoms with van der Waals surface area (Å²) < 4.78 is 5.15. The Labute approximate surface area is 155 Å². The number of hydrogen-bond donors (Lipinski definition) is 2. The van der Waals surface area contributed by atoms with Crippen molar-refractivity contribution in [1.29, 1.82) is 0 Å². The van der Waals surface area contributed by atoms with Gasteiger partial charge in [0.15, 0.2) is 5.96 Å². The van der Waals surface area contributed by atoms with E-state index in [1.165, 1.54) is 4.88 Å². The molecule has 0 spiro atoms. The largest absolute Gasteiger partial charge is 0.383 e. The number of methoxy groups -OCH3 is 1. The van der Waals surface area contributed by atoms with Crippen LogP contribution in [0, 0.1) is 0 Å². The Bertz CT molecular complexity index is 412. The number of nitrogens with zero attached hydrogens (tertiary/aromatic N) is 2. The third-order valence-corrected chi connectivity index (χ3v) is 4.03. The summed E-state index contributed by atoms with van der Waals surface area (Å²) in [5.41, 5.74) is 0. The van der Waals surface area contributed by atoms with Crippen molar-refractivity contribution in [2.24, 2.45) is 4.99 Å². The first-order valence-electron chi connectivity index (χ1n) is 7.32. The predicted octanol–water partition coefficient (Wildman–Crippen LogP) is 2.56. The summed E-state index contributed by atoms with van der Waals surface area (Å²) in [6.07, 6.45) is 0.